The highest BCUT2D eigenvalue weighted by Crippen LogP contribution is 2.30. The van der Waals surface area contributed by atoms with Crippen molar-refractivity contribution in [3.8, 4) is 16.5 Å². The lowest BCUT2D eigenvalue weighted by atomic mass is 10.0. The van der Waals surface area contributed by atoms with Crippen LogP contribution in [0, 0.1) is 24.2 Å². The van der Waals surface area contributed by atoms with Crippen molar-refractivity contribution in [1.82, 2.24) is 20.1 Å². The lowest BCUT2D eigenvalue weighted by Gasteiger charge is -2.34. The molecule has 2 aliphatic rings. The van der Waals surface area contributed by atoms with Crippen LogP contribution in [0.25, 0.3) is 10.4 Å². The SMILES string of the molecule is CC(C)C(C(=O)N1CCCC1C=O)N1Cc2cc(C#N)ccc2C1=O.CNCc1ccc(-c2scnc2C)cc1. The number of hydrogen-bond donors (Lipinski definition) is 1. The van der Waals surface area contributed by atoms with Gasteiger partial charge >= 0.3 is 0 Å². The maximum atomic E-state index is 13.1. The van der Waals surface area contributed by atoms with E-state index in [1.54, 1.807) is 39.3 Å². The average Bonchev–Trinajstić information content (AvgIpc) is 3.68. The van der Waals surface area contributed by atoms with Crippen LogP contribution in [0.2, 0.25) is 0 Å². The number of aryl methyl sites for hydroxylation is 1. The number of amides is 2. The van der Waals surface area contributed by atoms with Gasteiger partial charge in [0.1, 0.15) is 12.3 Å². The molecule has 0 saturated carbocycles. The Labute approximate surface area is 239 Å². The van der Waals surface area contributed by atoms with E-state index in [0.29, 0.717) is 30.6 Å². The minimum absolute atomic E-state index is 0.0749. The number of aldehydes is 1. The monoisotopic (exact) mass is 557 g/mol. The molecule has 1 fully saturated rings. The summed E-state index contributed by atoms with van der Waals surface area (Å²) >= 11 is 1.70. The van der Waals surface area contributed by atoms with Crippen LogP contribution >= 0.6 is 11.3 Å². The lowest BCUT2D eigenvalue weighted by Crippen LogP contribution is -2.52. The largest absolute Gasteiger partial charge is 0.331 e. The van der Waals surface area contributed by atoms with Gasteiger partial charge in [0.2, 0.25) is 5.91 Å². The molecule has 2 aliphatic heterocycles. The summed E-state index contributed by atoms with van der Waals surface area (Å²) in [7, 11) is 1.96. The van der Waals surface area contributed by atoms with Gasteiger partial charge < -0.3 is 19.9 Å². The third-order valence-electron chi connectivity index (χ3n) is 7.37. The summed E-state index contributed by atoms with van der Waals surface area (Å²) in [6, 6.07) is 14.7. The molecule has 40 heavy (non-hydrogen) atoms. The summed E-state index contributed by atoms with van der Waals surface area (Å²) in [5, 5.41) is 12.2. The second-order valence-electron chi connectivity index (χ2n) is 10.5. The molecule has 1 aromatic heterocycles. The van der Waals surface area contributed by atoms with Gasteiger partial charge in [-0.1, -0.05) is 38.1 Å². The highest BCUT2D eigenvalue weighted by atomic mass is 32.1. The Balaban J connectivity index is 0.000000210. The van der Waals surface area contributed by atoms with E-state index in [-0.39, 0.29) is 23.8 Å². The minimum atomic E-state index is -0.606. The molecule has 2 amide bonds. The van der Waals surface area contributed by atoms with E-state index >= 15 is 0 Å². The Kier molecular flexibility index (Phi) is 9.46. The zero-order chi connectivity index (χ0) is 28.8. The molecule has 0 spiro atoms. The molecule has 5 rings (SSSR count). The molecule has 9 heteroatoms. The number of nitrogens with zero attached hydrogens (tertiary/aromatic N) is 4. The van der Waals surface area contributed by atoms with Crippen LogP contribution in [0.4, 0.5) is 0 Å². The fourth-order valence-corrected chi connectivity index (χ4v) is 6.16. The summed E-state index contributed by atoms with van der Waals surface area (Å²) in [5.74, 6) is -0.422. The molecule has 2 unspecified atom stereocenters. The van der Waals surface area contributed by atoms with Gasteiger partial charge in [-0.3, -0.25) is 9.59 Å². The van der Waals surface area contributed by atoms with Crippen molar-refractivity contribution in [3.05, 3.63) is 75.9 Å². The molecule has 2 atom stereocenters. The molecule has 1 saturated heterocycles. The second kappa shape index (κ2) is 13.0. The van der Waals surface area contributed by atoms with Gasteiger partial charge in [0, 0.05) is 25.2 Å². The molecule has 0 bridgehead atoms. The molecular formula is C31H35N5O3S. The van der Waals surface area contributed by atoms with Gasteiger partial charge in [-0.2, -0.15) is 5.26 Å². The van der Waals surface area contributed by atoms with E-state index in [0.717, 1.165) is 30.5 Å². The Morgan fingerprint density at radius 1 is 1.25 bits per heavy atom. The van der Waals surface area contributed by atoms with Crippen LogP contribution in [0.15, 0.2) is 48.0 Å². The van der Waals surface area contributed by atoms with Crippen molar-refractivity contribution in [2.45, 2.75) is 58.8 Å². The van der Waals surface area contributed by atoms with Gasteiger partial charge in [-0.05, 0) is 67.6 Å². The number of carbonyl (C=O) groups is 3. The van der Waals surface area contributed by atoms with Crippen molar-refractivity contribution in [2.75, 3.05) is 13.6 Å². The van der Waals surface area contributed by atoms with Gasteiger partial charge in [-0.25, -0.2) is 4.98 Å². The molecule has 0 radical (unpaired) electrons. The van der Waals surface area contributed by atoms with Crippen molar-refractivity contribution in [3.63, 3.8) is 0 Å². The number of nitrogens with one attached hydrogen (secondary N) is 1. The van der Waals surface area contributed by atoms with Crippen molar-refractivity contribution in [1.29, 1.82) is 5.26 Å². The summed E-state index contributed by atoms with van der Waals surface area (Å²) in [4.78, 5) is 45.9. The summed E-state index contributed by atoms with van der Waals surface area (Å²) in [6.07, 6.45) is 2.31. The summed E-state index contributed by atoms with van der Waals surface area (Å²) < 4.78 is 0. The molecule has 0 aliphatic carbocycles. The first-order chi connectivity index (χ1) is 19.3. The summed E-state index contributed by atoms with van der Waals surface area (Å²) in [5.41, 5.74) is 7.40. The zero-order valence-electron chi connectivity index (χ0n) is 23.4. The maximum absolute atomic E-state index is 13.1. The number of fused-ring (bicyclic) bond motifs is 1. The van der Waals surface area contributed by atoms with E-state index in [9.17, 15) is 14.4 Å². The molecule has 3 heterocycles. The minimum Gasteiger partial charge on any atom is -0.331 e. The third kappa shape index (κ3) is 6.14. The second-order valence-corrected chi connectivity index (χ2v) is 11.3. The standard InChI is InChI=1S/C19H21N3O3.C12H14N2S/c1-12(2)17(19(25)21-7-3-4-15(21)11-23)22-10-14-8-13(9-20)5-6-16(14)18(22)24;1-9-12(15-8-14-9)11-5-3-10(4-6-11)7-13-2/h5-6,8,11-12,15,17H,3-4,7,10H2,1-2H3;3-6,8,13H,7H2,1-2H3. The van der Waals surface area contributed by atoms with Crippen molar-refractivity contribution < 1.29 is 14.4 Å². The predicted molar refractivity (Wildman–Crippen MR) is 156 cm³/mol. The van der Waals surface area contributed by atoms with Gasteiger partial charge in [0.25, 0.3) is 5.91 Å². The molecule has 1 N–H and O–H groups in total. The van der Waals surface area contributed by atoms with Crippen molar-refractivity contribution in [2.24, 2.45) is 5.92 Å². The number of aromatic nitrogens is 1. The third-order valence-corrected chi connectivity index (χ3v) is 8.35. The predicted octanol–water partition coefficient (Wildman–Crippen LogP) is 4.57. The molecule has 8 nitrogen and oxygen atoms in total. The highest BCUT2D eigenvalue weighted by Gasteiger charge is 2.42. The number of carbonyl (C=O) groups excluding carboxylic acids is 3. The number of likely N-dealkylation sites (tertiary alicyclic amines) is 1. The zero-order valence-corrected chi connectivity index (χ0v) is 24.2. The van der Waals surface area contributed by atoms with E-state index in [1.165, 1.54) is 16.0 Å². The van der Waals surface area contributed by atoms with Crippen LogP contribution in [0.1, 0.15) is 59.4 Å². The van der Waals surface area contributed by atoms with Gasteiger partial charge in [0.15, 0.2) is 0 Å². The highest BCUT2D eigenvalue weighted by molar-refractivity contribution is 7.13. The maximum Gasteiger partial charge on any atom is 0.255 e. The number of thiazole rings is 1. The Bertz CT molecular complexity index is 1410. The number of nitriles is 1. The van der Waals surface area contributed by atoms with Gasteiger partial charge in [-0.15, -0.1) is 11.3 Å². The van der Waals surface area contributed by atoms with Crippen molar-refractivity contribution >= 4 is 29.4 Å². The van der Waals surface area contributed by atoms with Gasteiger partial charge in [0.05, 0.1) is 33.8 Å². The quantitative estimate of drug-likeness (QED) is 0.427. The van der Waals surface area contributed by atoms with Crippen LogP contribution < -0.4 is 5.32 Å². The fourth-order valence-electron chi connectivity index (χ4n) is 5.35. The molecule has 2 aromatic carbocycles. The van der Waals surface area contributed by atoms with Crippen LogP contribution in [0.3, 0.4) is 0 Å². The van der Waals surface area contributed by atoms with E-state index in [1.807, 2.05) is 33.3 Å². The van der Waals surface area contributed by atoms with Crippen LogP contribution in [-0.2, 0) is 22.7 Å². The van der Waals surface area contributed by atoms with Crippen LogP contribution in [-0.4, -0.2) is 58.6 Å². The first kappa shape index (κ1) is 29.1. The smallest absolute Gasteiger partial charge is 0.255 e. The summed E-state index contributed by atoms with van der Waals surface area (Å²) in [6.45, 7) is 7.66. The fraction of sp³-hybridized carbons (Fsp3) is 0.387. The first-order valence-electron chi connectivity index (χ1n) is 13.5. The Hall–Kier alpha value is -3.87. The number of hydrogen-bond acceptors (Lipinski definition) is 7. The Morgan fingerprint density at radius 2 is 2.00 bits per heavy atom. The van der Waals surface area contributed by atoms with Crippen LogP contribution in [0.5, 0.6) is 0 Å². The first-order valence-corrected chi connectivity index (χ1v) is 14.4. The molecule has 208 valence electrons. The van der Waals surface area contributed by atoms with E-state index < -0.39 is 6.04 Å². The lowest BCUT2D eigenvalue weighted by molar-refractivity contribution is -0.140. The average molecular weight is 558 g/mol. The number of benzene rings is 2. The topological polar surface area (TPSA) is 106 Å². The van der Waals surface area contributed by atoms with E-state index in [2.05, 4.69) is 40.6 Å². The molecular weight excluding hydrogens is 522 g/mol. The van der Waals surface area contributed by atoms with E-state index in [4.69, 9.17) is 5.26 Å². The normalized spacial score (nSPS) is 16.8. The molecule has 3 aromatic rings. The number of rotatable bonds is 7. The Morgan fingerprint density at radius 3 is 2.60 bits per heavy atom.